The Morgan fingerprint density at radius 3 is 2.38 bits per heavy atom. The predicted molar refractivity (Wildman–Crippen MR) is 64.8 cm³/mol. The molecule has 0 unspecified atom stereocenters. The SMILES string of the molecule is N#Cc1ccc(Cc2ccccc2)cc1N. The van der Waals surface area contributed by atoms with Crippen molar-refractivity contribution in [3.8, 4) is 6.07 Å². The molecule has 16 heavy (non-hydrogen) atoms. The fraction of sp³-hybridized carbons (Fsp3) is 0.0714. The van der Waals surface area contributed by atoms with Crippen LogP contribution in [0.2, 0.25) is 0 Å². The summed E-state index contributed by atoms with van der Waals surface area (Å²) in [7, 11) is 0. The van der Waals surface area contributed by atoms with E-state index in [1.165, 1.54) is 5.56 Å². The van der Waals surface area contributed by atoms with Gasteiger partial charge in [-0.15, -0.1) is 0 Å². The van der Waals surface area contributed by atoms with Gasteiger partial charge in [0, 0.05) is 5.69 Å². The number of nitrogens with two attached hydrogens (primary N) is 1. The van der Waals surface area contributed by atoms with Crippen LogP contribution >= 0.6 is 0 Å². The number of rotatable bonds is 2. The first-order valence-electron chi connectivity index (χ1n) is 5.12. The molecule has 0 spiro atoms. The molecule has 0 heterocycles. The molecule has 0 aliphatic carbocycles. The van der Waals surface area contributed by atoms with Crippen molar-refractivity contribution >= 4 is 5.69 Å². The lowest BCUT2D eigenvalue weighted by Gasteiger charge is -2.04. The standard InChI is InChI=1S/C14H12N2/c15-10-13-7-6-12(9-14(13)16)8-11-4-2-1-3-5-11/h1-7,9H,8,16H2. The molecule has 2 nitrogen and oxygen atoms in total. The average molecular weight is 208 g/mol. The van der Waals surface area contributed by atoms with Crippen LogP contribution in [0.15, 0.2) is 48.5 Å². The van der Waals surface area contributed by atoms with Gasteiger partial charge >= 0.3 is 0 Å². The minimum Gasteiger partial charge on any atom is -0.398 e. The van der Waals surface area contributed by atoms with Crippen LogP contribution in [0, 0.1) is 11.3 Å². The van der Waals surface area contributed by atoms with E-state index in [0.29, 0.717) is 11.3 Å². The minimum absolute atomic E-state index is 0.539. The summed E-state index contributed by atoms with van der Waals surface area (Å²) in [5, 5.41) is 8.77. The van der Waals surface area contributed by atoms with Crippen LogP contribution < -0.4 is 5.73 Å². The number of nitrogen functional groups attached to an aromatic ring is 1. The lowest BCUT2D eigenvalue weighted by atomic mass is 10.0. The molecular weight excluding hydrogens is 196 g/mol. The molecule has 2 aromatic carbocycles. The third-order valence-electron chi connectivity index (χ3n) is 2.49. The van der Waals surface area contributed by atoms with Crippen LogP contribution in [0.5, 0.6) is 0 Å². The monoisotopic (exact) mass is 208 g/mol. The quantitative estimate of drug-likeness (QED) is 0.771. The van der Waals surface area contributed by atoms with Gasteiger partial charge < -0.3 is 5.73 Å². The van der Waals surface area contributed by atoms with E-state index in [-0.39, 0.29) is 0 Å². The molecule has 0 atom stereocenters. The first-order valence-corrected chi connectivity index (χ1v) is 5.12. The van der Waals surface area contributed by atoms with Crippen LogP contribution in [0.4, 0.5) is 5.69 Å². The number of benzene rings is 2. The third-order valence-corrected chi connectivity index (χ3v) is 2.49. The Hall–Kier alpha value is -2.27. The molecule has 2 rings (SSSR count). The van der Waals surface area contributed by atoms with Gasteiger partial charge in [0.25, 0.3) is 0 Å². The first-order chi connectivity index (χ1) is 7.79. The number of hydrogen-bond donors (Lipinski definition) is 1. The van der Waals surface area contributed by atoms with Crippen molar-refractivity contribution in [2.75, 3.05) is 5.73 Å². The number of nitriles is 1. The maximum Gasteiger partial charge on any atom is 0.101 e. The van der Waals surface area contributed by atoms with Crippen LogP contribution in [-0.2, 0) is 6.42 Å². The Kier molecular flexibility index (Phi) is 2.88. The van der Waals surface area contributed by atoms with Crippen molar-refractivity contribution in [2.24, 2.45) is 0 Å². The zero-order chi connectivity index (χ0) is 11.4. The van der Waals surface area contributed by atoms with E-state index >= 15 is 0 Å². The van der Waals surface area contributed by atoms with E-state index < -0.39 is 0 Å². The molecule has 78 valence electrons. The minimum atomic E-state index is 0.539. The highest BCUT2D eigenvalue weighted by Gasteiger charge is 2.00. The number of anilines is 1. The first kappa shape index (κ1) is 10.3. The molecule has 0 aliphatic heterocycles. The molecule has 0 saturated carbocycles. The van der Waals surface area contributed by atoms with Gasteiger partial charge in [0.1, 0.15) is 6.07 Å². The lowest BCUT2D eigenvalue weighted by Crippen LogP contribution is -1.94. The second-order valence-electron chi connectivity index (χ2n) is 3.70. The van der Waals surface area contributed by atoms with Crippen LogP contribution in [0.3, 0.4) is 0 Å². The molecule has 0 aromatic heterocycles. The number of nitrogens with zero attached hydrogens (tertiary/aromatic N) is 1. The van der Waals surface area contributed by atoms with Gasteiger partial charge in [-0.2, -0.15) is 5.26 Å². The maximum absolute atomic E-state index is 8.77. The smallest absolute Gasteiger partial charge is 0.101 e. The Morgan fingerprint density at radius 2 is 1.75 bits per heavy atom. The second kappa shape index (κ2) is 4.50. The van der Waals surface area contributed by atoms with E-state index in [1.54, 1.807) is 6.07 Å². The van der Waals surface area contributed by atoms with Crippen LogP contribution in [-0.4, -0.2) is 0 Å². The van der Waals surface area contributed by atoms with Gasteiger partial charge in [0.05, 0.1) is 5.56 Å². The Labute approximate surface area is 95.0 Å². The zero-order valence-electron chi connectivity index (χ0n) is 8.85. The highest BCUT2D eigenvalue weighted by atomic mass is 14.6. The molecule has 2 N–H and O–H groups in total. The molecule has 0 amide bonds. The van der Waals surface area contributed by atoms with Gasteiger partial charge in [0.15, 0.2) is 0 Å². The van der Waals surface area contributed by atoms with E-state index in [4.69, 9.17) is 11.0 Å². The predicted octanol–water partition coefficient (Wildman–Crippen LogP) is 2.73. The average Bonchev–Trinajstić information content (AvgIpc) is 2.31. The molecule has 0 radical (unpaired) electrons. The van der Waals surface area contributed by atoms with E-state index in [2.05, 4.69) is 18.2 Å². The van der Waals surface area contributed by atoms with Crippen molar-refractivity contribution in [3.63, 3.8) is 0 Å². The summed E-state index contributed by atoms with van der Waals surface area (Å²) in [6.45, 7) is 0. The Bertz CT molecular complexity index is 524. The van der Waals surface area contributed by atoms with E-state index in [0.717, 1.165) is 12.0 Å². The van der Waals surface area contributed by atoms with Crippen molar-refractivity contribution in [2.45, 2.75) is 6.42 Å². The van der Waals surface area contributed by atoms with Gasteiger partial charge in [-0.25, -0.2) is 0 Å². The molecule has 0 fully saturated rings. The van der Waals surface area contributed by atoms with Crippen LogP contribution in [0.25, 0.3) is 0 Å². The summed E-state index contributed by atoms with van der Waals surface area (Å²) in [6.07, 6.45) is 0.844. The number of hydrogen-bond acceptors (Lipinski definition) is 2. The molecule has 0 aliphatic rings. The summed E-state index contributed by atoms with van der Waals surface area (Å²) in [6, 6.07) is 17.8. The maximum atomic E-state index is 8.77. The zero-order valence-corrected chi connectivity index (χ0v) is 8.85. The van der Waals surface area contributed by atoms with Crippen LogP contribution in [0.1, 0.15) is 16.7 Å². The summed E-state index contributed by atoms with van der Waals surface area (Å²) in [5.74, 6) is 0. The van der Waals surface area contributed by atoms with Gasteiger partial charge in [0.2, 0.25) is 0 Å². The van der Waals surface area contributed by atoms with Crippen molar-refractivity contribution < 1.29 is 0 Å². The topological polar surface area (TPSA) is 49.8 Å². The van der Waals surface area contributed by atoms with Crippen molar-refractivity contribution in [3.05, 3.63) is 65.2 Å². The Balaban J connectivity index is 2.24. The fourth-order valence-corrected chi connectivity index (χ4v) is 1.66. The summed E-state index contributed by atoms with van der Waals surface area (Å²) in [4.78, 5) is 0. The Morgan fingerprint density at radius 1 is 1.00 bits per heavy atom. The molecule has 2 aromatic rings. The summed E-state index contributed by atoms with van der Waals surface area (Å²) >= 11 is 0. The summed E-state index contributed by atoms with van der Waals surface area (Å²) < 4.78 is 0. The van der Waals surface area contributed by atoms with Gasteiger partial charge in [-0.05, 0) is 29.7 Å². The highest BCUT2D eigenvalue weighted by Crippen LogP contribution is 2.16. The van der Waals surface area contributed by atoms with E-state index in [1.807, 2.05) is 30.3 Å². The van der Waals surface area contributed by atoms with Crippen molar-refractivity contribution in [1.82, 2.24) is 0 Å². The fourth-order valence-electron chi connectivity index (χ4n) is 1.66. The van der Waals surface area contributed by atoms with E-state index in [9.17, 15) is 0 Å². The second-order valence-corrected chi connectivity index (χ2v) is 3.70. The molecule has 0 saturated heterocycles. The molecular formula is C14H12N2. The molecule has 0 bridgehead atoms. The molecule has 2 heteroatoms. The lowest BCUT2D eigenvalue weighted by molar-refractivity contribution is 1.19. The highest BCUT2D eigenvalue weighted by molar-refractivity contribution is 5.55. The summed E-state index contributed by atoms with van der Waals surface area (Å²) in [5.41, 5.74) is 9.22. The van der Waals surface area contributed by atoms with Gasteiger partial charge in [-0.1, -0.05) is 36.4 Å². The third kappa shape index (κ3) is 2.21. The van der Waals surface area contributed by atoms with Gasteiger partial charge in [-0.3, -0.25) is 0 Å². The largest absolute Gasteiger partial charge is 0.398 e. The normalized spacial score (nSPS) is 9.69. The van der Waals surface area contributed by atoms with Crippen molar-refractivity contribution in [1.29, 1.82) is 5.26 Å².